The van der Waals surface area contributed by atoms with Crippen LogP contribution in [-0.2, 0) is 19.0 Å². The quantitative estimate of drug-likeness (QED) is 0.564. The van der Waals surface area contributed by atoms with E-state index in [1.165, 1.54) is 7.11 Å². The minimum absolute atomic E-state index is 0.0402. The molecule has 0 aromatic heterocycles. The summed E-state index contributed by atoms with van der Waals surface area (Å²) < 4.78 is 17.2. The highest BCUT2D eigenvalue weighted by Crippen LogP contribution is 3.05. The highest BCUT2D eigenvalue weighted by atomic mass is 79.9. The highest BCUT2D eigenvalue weighted by Gasteiger charge is 3.08. The number of hydrogen-bond acceptors (Lipinski definition) is 4. The molecular formula is C14H15BrO4. The SMILES string of the molecule is COC(=O)CC12C3[C@@H]4[C@H]1C1[C@@H]2[C@@H]3C4(Br)C12OCCO2. The lowest BCUT2D eigenvalue weighted by atomic mass is 9.13. The summed E-state index contributed by atoms with van der Waals surface area (Å²) in [5, 5.41) is 0. The Labute approximate surface area is 119 Å². The Bertz CT molecular complexity index is 520. The second kappa shape index (κ2) is 2.53. The lowest BCUT2D eigenvalue weighted by molar-refractivity contribution is -0.438. The molecule has 0 aromatic rings. The number of methoxy groups -OCH3 is 1. The summed E-state index contributed by atoms with van der Waals surface area (Å²) in [5.74, 6) is 3.47. The fourth-order valence-corrected chi connectivity index (χ4v) is 9.15. The summed E-state index contributed by atoms with van der Waals surface area (Å²) in [4.78, 5) is 11.7. The summed E-state index contributed by atoms with van der Waals surface area (Å²) >= 11 is 4.01. The summed E-state index contributed by atoms with van der Waals surface area (Å²) in [6.45, 7) is 1.44. The van der Waals surface area contributed by atoms with Crippen LogP contribution < -0.4 is 0 Å². The standard InChI is InChI=1S/C14H15BrO4/c1-17-5(16)4-12-6-9-7(12)11-8(12)10(6)13(9,15)14(11)18-2-3-19-14/h6-11H,2-4H2,1H3/t6?,7-,8-,9+,10+,11?,12?,13?/m0/s1. The molecule has 5 heteroatoms. The average Bonchev–Trinajstić information content (AvgIpc) is 2.95. The second-order valence-corrected chi connectivity index (χ2v) is 8.46. The van der Waals surface area contributed by atoms with Crippen LogP contribution in [0.5, 0.6) is 0 Å². The van der Waals surface area contributed by atoms with Crippen LogP contribution in [0, 0.1) is 40.9 Å². The van der Waals surface area contributed by atoms with Crippen LogP contribution in [0.25, 0.3) is 0 Å². The van der Waals surface area contributed by atoms with E-state index in [4.69, 9.17) is 14.2 Å². The van der Waals surface area contributed by atoms with E-state index in [0.717, 1.165) is 19.1 Å². The monoisotopic (exact) mass is 326 g/mol. The van der Waals surface area contributed by atoms with Gasteiger partial charge in [0, 0.05) is 5.92 Å². The van der Waals surface area contributed by atoms with Gasteiger partial charge in [-0.15, -0.1) is 0 Å². The van der Waals surface area contributed by atoms with Gasteiger partial charge in [0.15, 0.2) is 5.79 Å². The number of carbonyl (C=O) groups is 1. The minimum atomic E-state index is -0.357. The summed E-state index contributed by atoms with van der Waals surface area (Å²) in [5.41, 5.74) is 0.267. The van der Waals surface area contributed by atoms with Crippen LogP contribution in [0.15, 0.2) is 0 Å². The van der Waals surface area contributed by atoms with E-state index in [9.17, 15) is 4.79 Å². The van der Waals surface area contributed by atoms with Crippen molar-refractivity contribution >= 4 is 21.9 Å². The number of rotatable bonds is 2. The van der Waals surface area contributed by atoms with Gasteiger partial charge < -0.3 is 14.2 Å². The molecule has 19 heavy (non-hydrogen) atoms. The molecule has 0 N–H and O–H groups in total. The molecule has 7 rings (SSSR count). The Kier molecular flexibility index (Phi) is 1.41. The molecule has 1 heterocycles. The van der Waals surface area contributed by atoms with Gasteiger partial charge in [0.2, 0.25) is 0 Å². The summed E-state index contributed by atoms with van der Waals surface area (Å²) in [7, 11) is 1.49. The maximum Gasteiger partial charge on any atom is 0.306 e. The van der Waals surface area contributed by atoms with Crippen LogP contribution in [0.4, 0.5) is 0 Å². The fourth-order valence-electron chi connectivity index (χ4n) is 7.52. The minimum Gasteiger partial charge on any atom is -0.469 e. The number of ether oxygens (including phenoxy) is 3. The van der Waals surface area contributed by atoms with Crippen molar-refractivity contribution < 1.29 is 19.0 Å². The van der Waals surface area contributed by atoms with Gasteiger partial charge in [0.1, 0.15) is 0 Å². The summed E-state index contributed by atoms with van der Waals surface area (Å²) in [6.07, 6.45) is 0.617. The molecule has 1 aliphatic heterocycles. The predicted octanol–water partition coefficient (Wildman–Crippen LogP) is 1.18. The first kappa shape index (κ1) is 10.6. The van der Waals surface area contributed by atoms with Crippen molar-refractivity contribution in [2.45, 2.75) is 16.5 Å². The van der Waals surface area contributed by atoms with Crippen LogP contribution in [0.3, 0.4) is 0 Å². The van der Waals surface area contributed by atoms with Crippen molar-refractivity contribution in [2.24, 2.45) is 40.9 Å². The number of alkyl halides is 1. The van der Waals surface area contributed by atoms with E-state index in [1.807, 2.05) is 0 Å². The van der Waals surface area contributed by atoms with Gasteiger partial charge in [0.05, 0.1) is 31.1 Å². The maximum atomic E-state index is 11.7. The molecule has 102 valence electrons. The zero-order valence-electron chi connectivity index (χ0n) is 10.6. The molecule has 2 bridgehead atoms. The van der Waals surface area contributed by atoms with Crippen LogP contribution in [-0.4, -0.2) is 36.4 Å². The van der Waals surface area contributed by atoms with Gasteiger partial charge in [-0.1, -0.05) is 15.9 Å². The Hall–Kier alpha value is -0.130. The predicted molar refractivity (Wildman–Crippen MR) is 66.3 cm³/mol. The first-order chi connectivity index (χ1) is 9.14. The normalized spacial score (nSPS) is 66.8. The molecule has 1 spiro atoms. The van der Waals surface area contributed by atoms with Crippen molar-refractivity contribution in [3.05, 3.63) is 0 Å². The van der Waals surface area contributed by atoms with E-state index >= 15 is 0 Å². The number of carbonyl (C=O) groups excluding carboxylic acids is 1. The molecule has 0 amide bonds. The Morgan fingerprint density at radius 3 is 2.32 bits per heavy atom. The second-order valence-electron chi connectivity index (χ2n) is 7.15. The molecule has 0 radical (unpaired) electrons. The molecule has 6 saturated carbocycles. The lowest BCUT2D eigenvalue weighted by Gasteiger charge is -2.91. The summed E-state index contributed by atoms with van der Waals surface area (Å²) in [6, 6.07) is 0. The molecule has 7 fully saturated rings. The Balaban J connectivity index is 1.44. The lowest BCUT2D eigenvalue weighted by Crippen LogP contribution is -2.92. The van der Waals surface area contributed by atoms with Crippen LogP contribution in [0.1, 0.15) is 6.42 Å². The molecule has 0 aromatic carbocycles. The third kappa shape index (κ3) is 0.625. The van der Waals surface area contributed by atoms with Gasteiger partial charge in [-0.05, 0) is 35.0 Å². The van der Waals surface area contributed by atoms with Crippen molar-refractivity contribution in [2.75, 3.05) is 20.3 Å². The zero-order chi connectivity index (χ0) is 12.8. The highest BCUT2D eigenvalue weighted by molar-refractivity contribution is 9.10. The van der Waals surface area contributed by atoms with Gasteiger partial charge in [-0.25, -0.2) is 0 Å². The molecule has 6 aliphatic carbocycles. The van der Waals surface area contributed by atoms with Gasteiger partial charge in [0.25, 0.3) is 0 Å². The van der Waals surface area contributed by atoms with Crippen molar-refractivity contribution in [3.8, 4) is 0 Å². The van der Waals surface area contributed by atoms with Gasteiger partial charge in [-0.2, -0.15) is 0 Å². The molecule has 4 atom stereocenters. The topological polar surface area (TPSA) is 44.8 Å². The van der Waals surface area contributed by atoms with E-state index in [1.54, 1.807) is 0 Å². The van der Waals surface area contributed by atoms with E-state index in [-0.39, 0.29) is 21.5 Å². The first-order valence-corrected chi connectivity index (χ1v) is 7.97. The number of esters is 1. The molecule has 1 saturated heterocycles. The first-order valence-electron chi connectivity index (χ1n) is 7.18. The van der Waals surface area contributed by atoms with Crippen LogP contribution >= 0.6 is 15.9 Å². The van der Waals surface area contributed by atoms with Gasteiger partial charge in [-0.3, -0.25) is 4.79 Å². The maximum absolute atomic E-state index is 11.7. The van der Waals surface area contributed by atoms with Crippen LogP contribution in [0.2, 0.25) is 0 Å². The van der Waals surface area contributed by atoms with Crippen molar-refractivity contribution in [1.82, 2.24) is 0 Å². The zero-order valence-corrected chi connectivity index (χ0v) is 12.2. The third-order valence-corrected chi connectivity index (χ3v) is 9.13. The Morgan fingerprint density at radius 2 is 1.74 bits per heavy atom. The molecular weight excluding hydrogens is 312 g/mol. The number of halogens is 1. The van der Waals surface area contributed by atoms with Gasteiger partial charge >= 0.3 is 5.97 Å². The van der Waals surface area contributed by atoms with E-state index < -0.39 is 0 Å². The largest absolute Gasteiger partial charge is 0.469 e. The average molecular weight is 327 g/mol. The van der Waals surface area contributed by atoms with Crippen molar-refractivity contribution in [1.29, 1.82) is 0 Å². The third-order valence-electron chi connectivity index (χ3n) is 7.52. The Morgan fingerprint density at radius 1 is 1.16 bits per heavy atom. The van der Waals surface area contributed by atoms with E-state index in [0.29, 0.717) is 36.0 Å². The number of hydrogen-bond donors (Lipinski definition) is 0. The molecule has 4 nitrogen and oxygen atoms in total. The van der Waals surface area contributed by atoms with Crippen molar-refractivity contribution in [3.63, 3.8) is 0 Å². The fraction of sp³-hybridized carbons (Fsp3) is 0.929. The molecule has 7 aliphatic rings. The smallest absolute Gasteiger partial charge is 0.306 e. The van der Waals surface area contributed by atoms with E-state index in [2.05, 4.69) is 15.9 Å². The molecule has 0 unspecified atom stereocenters.